The summed E-state index contributed by atoms with van der Waals surface area (Å²) in [5.74, 6) is -0.0363. The summed E-state index contributed by atoms with van der Waals surface area (Å²) in [7, 11) is 0. The zero-order chi connectivity index (χ0) is 28.3. The van der Waals surface area contributed by atoms with Gasteiger partial charge >= 0.3 is 12.4 Å². The molecular formula is C28H33F6N3O2. The first-order valence-electron chi connectivity index (χ1n) is 13.1. The van der Waals surface area contributed by atoms with Crippen molar-refractivity contribution in [3.63, 3.8) is 0 Å². The largest absolute Gasteiger partial charge is 0.416 e. The van der Waals surface area contributed by atoms with Gasteiger partial charge in [-0.1, -0.05) is 30.3 Å². The Hall–Kier alpha value is -2.63. The second-order valence-corrected chi connectivity index (χ2v) is 10.4. The van der Waals surface area contributed by atoms with Gasteiger partial charge < -0.3 is 15.4 Å². The van der Waals surface area contributed by atoms with E-state index in [9.17, 15) is 31.1 Å². The zero-order valence-electron chi connectivity index (χ0n) is 21.7. The van der Waals surface area contributed by atoms with Gasteiger partial charge in [0.1, 0.15) is 0 Å². The lowest BCUT2D eigenvalue weighted by Gasteiger charge is -2.42. The van der Waals surface area contributed by atoms with E-state index in [4.69, 9.17) is 4.74 Å². The van der Waals surface area contributed by atoms with Crippen LogP contribution >= 0.6 is 0 Å². The van der Waals surface area contributed by atoms with E-state index >= 15 is 0 Å². The highest BCUT2D eigenvalue weighted by atomic mass is 19.4. The van der Waals surface area contributed by atoms with Crippen molar-refractivity contribution < 1.29 is 35.9 Å². The highest BCUT2D eigenvalue weighted by molar-refractivity contribution is 5.78. The van der Waals surface area contributed by atoms with E-state index in [0.29, 0.717) is 38.1 Å². The van der Waals surface area contributed by atoms with Crippen LogP contribution in [0.1, 0.15) is 61.0 Å². The highest BCUT2D eigenvalue weighted by Gasteiger charge is 2.40. The van der Waals surface area contributed by atoms with Crippen LogP contribution in [0.4, 0.5) is 26.3 Å². The molecule has 2 aromatic carbocycles. The van der Waals surface area contributed by atoms with Crippen LogP contribution in [-0.2, 0) is 27.4 Å². The number of benzene rings is 2. The van der Waals surface area contributed by atoms with Crippen LogP contribution in [0, 0.1) is 0 Å². The van der Waals surface area contributed by atoms with E-state index in [1.807, 2.05) is 30.3 Å². The van der Waals surface area contributed by atoms with Crippen LogP contribution < -0.4 is 10.6 Å². The molecule has 2 saturated heterocycles. The van der Waals surface area contributed by atoms with Gasteiger partial charge in [0.2, 0.25) is 5.91 Å². The molecular weight excluding hydrogens is 524 g/mol. The van der Waals surface area contributed by atoms with Gasteiger partial charge in [0, 0.05) is 12.6 Å². The van der Waals surface area contributed by atoms with Gasteiger partial charge in [-0.05, 0) is 75.0 Å². The number of halogens is 6. The third kappa shape index (κ3) is 7.52. The summed E-state index contributed by atoms with van der Waals surface area (Å²) in [6, 6.07) is 10.8. The summed E-state index contributed by atoms with van der Waals surface area (Å²) in [5.41, 5.74) is -2.78. The minimum absolute atomic E-state index is 0.0181. The summed E-state index contributed by atoms with van der Waals surface area (Å²) >= 11 is 0. The van der Waals surface area contributed by atoms with Crippen LogP contribution in [0.5, 0.6) is 0 Å². The average molecular weight is 558 g/mol. The van der Waals surface area contributed by atoms with Crippen LogP contribution in [-0.4, -0.2) is 49.6 Å². The smallest absolute Gasteiger partial charge is 0.372 e. The second-order valence-electron chi connectivity index (χ2n) is 10.4. The average Bonchev–Trinajstić information content (AvgIpc) is 3.40. The van der Waals surface area contributed by atoms with Crippen molar-refractivity contribution in [1.29, 1.82) is 0 Å². The molecule has 11 heteroatoms. The molecule has 0 bridgehead atoms. The minimum atomic E-state index is -4.93. The summed E-state index contributed by atoms with van der Waals surface area (Å²) in [5, 5.41) is 6.53. The number of carbonyl (C=O) groups is 1. The lowest BCUT2D eigenvalue weighted by molar-refractivity contribution is -0.143. The number of nitrogens with zero attached hydrogens (tertiary/aromatic N) is 1. The Morgan fingerprint density at radius 3 is 2.21 bits per heavy atom. The van der Waals surface area contributed by atoms with E-state index in [-0.39, 0.29) is 30.2 Å². The fourth-order valence-corrected chi connectivity index (χ4v) is 5.26. The Morgan fingerprint density at radius 2 is 1.67 bits per heavy atom. The fourth-order valence-electron chi connectivity index (χ4n) is 5.26. The maximum absolute atomic E-state index is 13.3. The minimum Gasteiger partial charge on any atom is -0.372 e. The predicted octanol–water partition coefficient (Wildman–Crippen LogP) is 5.66. The summed E-state index contributed by atoms with van der Waals surface area (Å²) in [6.07, 6.45) is -7.53. The molecule has 1 amide bonds. The molecule has 0 aliphatic carbocycles. The summed E-state index contributed by atoms with van der Waals surface area (Å²) in [6.45, 7) is 4.10. The fraction of sp³-hybridized carbons (Fsp3) is 0.536. The van der Waals surface area contributed by atoms with Crippen LogP contribution in [0.2, 0.25) is 0 Å². The number of hydrogen-bond donors (Lipinski definition) is 2. The van der Waals surface area contributed by atoms with E-state index in [0.717, 1.165) is 31.5 Å². The van der Waals surface area contributed by atoms with E-state index in [1.54, 1.807) is 0 Å². The lowest BCUT2D eigenvalue weighted by Crippen LogP contribution is -2.57. The Morgan fingerprint density at radius 1 is 1.05 bits per heavy atom. The van der Waals surface area contributed by atoms with Gasteiger partial charge in [-0.25, -0.2) is 0 Å². The van der Waals surface area contributed by atoms with Crippen molar-refractivity contribution in [2.75, 3.05) is 32.8 Å². The number of rotatable bonds is 8. The van der Waals surface area contributed by atoms with Crippen molar-refractivity contribution in [2.24, 2.45) is 0 Å². The Balaban J connectivity index is 1.46. The Labute approximate surface area is 223 Å². The van der Waals surface area contributed by atoms with Gasteiger partial charge in [0.05, 0.1) is 35.9 Å². The second kappa shape index (κ2) is 11.9. The molecule has 0 saturated carbocycles. The molecule has 214 valence electrons. The van der Waals surface area contributed by atoms with E-state index < -0.39 is 35.1 Å². The number of carbonyl (C=O) groups excluding carboxylic acids is 1. The molecule has 3 atom stereocenters. The van der Waals surface area contributed by atoms with E-state index in [1.165, 1.54) is 6.92 Å². The SMILES string of the molecule is C[C@@H](OC[C@@]1(c2ccccc2)CC[C@H](NC(=O)CN2CCCC2)CN1)c1cc(C(F)(F)F)cc(C(F)(F)F)c1. The third-order valence-corrected chi connectivity index (χ3v) is 7.52. The third-order valence-electron chi connectivity index (χ3n) is 7.52. The normalized spacial score (nSPS) is 23.5. The van der Waals surface area contributed by atoms with E-state index in [2.05, 4.69) is 15.5 Å². The molecule has 0 spiro atoms. The summed E-state index contributed by atoms with van der Waals surface area (Å²) in [4.78, 5) is 14.6. The lowest BCUT2D eigenvalue weighted by atomic mass is 9.81. The van der Waals surface area contributed by atoms with Crippen LogP contribution in [0.25, 0.3) is 0 Å². The van der Waals surface area contributed by atoms with Crippen molar-refractivity contribution in [3.05, 3.63) is 70.8 Å². The topological polar surface area (TPSA) is 53.6 Å². The van der Waals surface area contributed by atoms with Crippen LogP contribution in [0.15, 0.2) is 48.5 Å². The number of likely N-dealkylation sites (tertiary alicyclic amines) is 1. The molecule has 5 nitrogen and oxygen atoms in total. The van der Waals surface area contributed by atoms with Crippen LogP contribution in [0.3, 0.4) is 0 Å². The molecule has 0 unspecified atom stereocenters. The number of ether oxygens (including phenoxy) is 1. The van der Waals surface area contributed by atoms with Gasteiger partial charge in [-0.15, -0.1) is 0 Å². The van der Waals surface area contributed by atoms with Crippen molar-refractivity contribution in [1.82, 2.24) is 15.5 Å². The van der Waals surface area contributed by atoms with Gasteiger partial charge in [0.15, 0.2) is 0 Å². The van der Waals surface area contributed by atoms with Gasteiger partial charge in [-0.2, -0.15) is 26.3 Å². The van der Waals surface area contributed by atoms with Gasteiger partial charge in [-0.3, -0.25) is 9.69 Å². The molecule has 2 aliphatic heterocycles. The van der Waals surface area contributed by atoms with Crippen molar-refractivity contribution in [2.45, 2.75) is 62.6 Å². The number of amides is 1. The number of alkyl halides is 6. The zero-order valence-corrected chi connectivity index (χ0v) is 21.7. The molecule has 2 heterocycles. The van der Waals surface area contributed by atoms with Gasteiger partial charge in [0.25, 0.3) is 0 Å². The summed E-state index contributed by atoms with van der Waals surface area (Å²) < 4.78 is 86.1. The number of hydrogen-bond acceptors (Lipinski definition) is 4. The monoisotopic (exact) mass is 557 g/mol. The standard InChI is InChI=1S/C28H33F6N3O2/c1-19(20-13-22(27(29,30)31)15-23(14-20)28(32,33)34)39-18-26(21-7-3-2-4-8-21)10-9-24(16-35-26)36-25(38)17-37-11-5-6-12-37/h2-4,7-8,13-15,19,24,35H,5-6,9-12,16-18H2,1H3,(H,36,38)/t19-,24+,26-/m1/s1. The predicted molar refractivity (Wildman–Crippen MR) is 134 cm³/mol. The molecule has 2 aromatic rings. The first-order chi connectivity index (χ1) is 18.4. The first-order valence-corrected chi connectivity index (χ1v) is 13.1. The highest BCUT2D eigenvalue weighted by Crippen LogP contribution is 2.39. The molecule has 4 rings (SSSR count). The Bertz CT molecular complexity index is 1080. The van der Waals surface area contributed by atoms with Crippen molar-refractivity contribution >= 4 is 5.91 Å². The van der Waals surface area contributed by atoms with Crippen molar-refractivity contribution in [3.8, 4) is 0 Å². The molecule has 2 aliphatic rings. The quantitative estimate of drug-likeness (QED) is 0.412. The number of nitrogens with one attached hydrogen (secondary N) is 2. The first kappa shape index (κ1) is 29.4. The molecule has 39 heavy (non-hydrogen) atoms. The molecule has 0 radical (unpaired) electrons. The maximum Gasteiger partial charge on any atom is 0.416 e. The Kier molecular flexibility index (Phi) is 8.92. The molecule has 0 aromatic heterocycles. The molecule has 2 fully saturated rings. The molecule has 2 N–H and O–H groups in total. The number of piperidine rings is 1. The maximum atomic E-state index is 13.3.